The molecule has 37 heteroatoms. The Morgan fingerprint density at radius 3 is 1.57 bits per heavy atom. The van der Waals surface area contributed by atoms with Crippen molar-refractivity contribution in [2.24, 2.45) is 17.8 Å². The smallest absolute Gasteiger partial charge is 0.364 e. The molecule has 0 radical (unpaired) electrons. The van der Waals surface area contributed by atoms with Gasteiger partial charge in [-0.15, -0.1) is 0 Å². The Morgan fingerprint density at radius 2 is 1.02 bits per heavy atom. The summed E-state index contributed by atoms with van der Waals surface area (Å²) < 4.78 is 72.2. The van der Waals surface area contributed by atoms with Crippen molar-refractivity contribution in [3.8, 4) is 0 Å². The van der Waals surface area contributed by atoms with Crippen LogP contribution in [-0.2, 0) is 76.0 Å². The van der Waals surface area contributed by atoms with E-state index in [4.69, 9.17) is 56.8 Å². The molecule has 36 nitrogen and oxygen atoms in total. The summed E-state index contributed by atoms with van der Waals surface area (Å²) in [7, 11) is 0. The summed E-state index contributed by atoms with van der Waals surface area (Å²) in [6, 6.07) is -2.01. The number of carbonyl (C=O) groups is 4. The summed E-state index contributed by atoms with van der Waals surface area (Å²) in [5.41, 5.74) is 0. The molecule has 0 spiro atoms. The van der Waals surface area contributed by atoms with Crippen molar-refractivity contribution < 1.29 is 173 Å². The van der Waals surface area contributed by atoms with E-state index in [1.807, 2.05) is 0 Å². The third-order valence-corrected chi connectivity index (χ3v) is 18.1. The summed E-state index contributed by atoms with van der Waals surface area (Å²) in [5, 5.41) is 211. The molecule has 6 aliphatic rings. The highest BCUT2D eigenvalue weighted by Gasteiger charge is 2.62. The van der Waals surface area contributed by atoms with Crippen LogP contribution in [-0.4, -0.2) is 350 Å². The maximum Gasteiger partial charge on any atom is 0.364 e. The maximum absolute atomic E-state index is 13.6. The van der Waals surface area contributed by atoms with E-state index in [1.165, 1.54) is 20.8 Å². The summed E-state index contributed by atoms with van der Waals surface area (Å²) in [4.78, 5) is 52.3. The minimum atomic E-state index is -3.23. The first kappa shape index (κ1) is 79.3. The van der Waals surface area contributed by atoms with E-state index in [2.05, 4.69) is 17.9 Å². The minimum absolute atomic E-state index is 0.0438. The van der Waals surface area contributed by atoms with Gasteiger partial charge in [0.25, 0.3) is 11.6 Å². The van der Waals surface area contributed by atoms with Crippen LogP contribution in [0.5, 0.6) is 0 Å². The monoisotopic (exact) mass is 1370 g/mol. The van der Waals surface area contributed by atoms with Gasteiger partial charge in [0.1, 0.15) is 116 Å². The van der Waals surface area contributed by atoms with Crippen LogP contribution in [0.1, 0.15) is 79.1 Å². The predicted octanol–water partition coefficient (Wildman–Crippen LogP) is -8.86. The third-order valence-electron chi connectivity index (χ3n) is 17.9. The van der Waals surface area contributed by atoms with Gasteiger partial charge in [-0.05, 0) is 18.6 Å². The van der Waals surface area contributed by atoms with Gasteiger partial charge in [0.15, 0.2) is 25.2 Å². The molecule has 6 rings (SSSR count). The molecule has 540 valence electrons. The van der Waals surface area contributed by atoms with Crippen molar-refractivity contribution in [1.29, 1.82) is 0 Å². The van der Waals surface area contributed by atoms with Crippen LogP contribution in [0.3, 0.4) is 0 Å². The highest BCUT2D eigenvalue weighted by molar-refractivity contribution is 7.80. The molecule has 0 saturated carbocycles. The van der Waals surface area contributed by atoms with Crippen LogP contribution >= 0.6 is 12.6 Å². The van der Waals surface area contributed by atoms with Crippen molar-refractivity contribution in [2.75, 3.05) is 52.0 Å². The van der Waals surface area contributed by atoms with E-state index >= 15 is 0 Å². The van der Waals surface area contributed by atoms with Crippen molar-refractivity contribution in [3.05, 3.63) is 0 Å². The zero-order valence-electron chi connectivity index (χ0n) is 51.6. The lowest BCUT2D eigenvalue weighted by molar-refractivity contribution is -0.403. The first-order chi connectivity index (χ1) is 43.9. The number of thiol groups is 1. The second-order valence-corrected chi connectivity index (χ2v) is 25.0. The van der Waals surface area contributed by atoms with E-state index in [0.717, 1.165) is 6.92 Å². The van der Waals surface area contributed by atoms with Crippen molar-refractivity contribution >= 4 is 36.3 Å². The van der Waals surface area contributed by atoms with E-state index in [0.29, 0.717) is 44.3 Å². The average molecular weight is 1370 g/mol. The number of aliphatic hydroxyl groups is 17. The number of nitrogens with one attached hydrogen (secondary N) is 1. The van der Waals surface area contributed by atoms with Crippen LogP contribution in [0, 0.1) is 17.8 Å². The lowest BCUT2D eigenvalue weighted by atomic mass is 9.84. The number of aliphatic carboxylic acids is 2. The van der Waals surface area contributed by atoms with Gasteiger partial charge in [-0.1, -0.05) is 33.6 Å². The first-order valence-corrected chi connectivity index (χ1v) is 31.5. The lowest BCUT2D eigenvalue weighted by Gasteiger charge is -2.52. The van der Waals surface area contributed by atoms with Gasteiger partial charge in [0.05, 0.1) is 70.2 Å². The summed E-state index contributed by atoms with van der Waals surface area (Å²) >= 11 is 4.07. The number of ketones is 1. The second kappa shape index (κ2) is 35.4. The molecule has 6 heterocycles. The van der Waals surface area contributed by atoms with Gasteiger partial charge in [0, 0.05) is 57.0 Å². The molecule has 20 N–H and O–H groups in total. The number of unbranched alkanes of at least 4 members (excludes halogenated alkanes) is 3. The Hall–Kier alpha value is -2.73. The zero-order valence-corrected chi connectivity index (χ0v) is 52.5. The molecule has 0 aromatic heterocycles. The van der Waals surface area contributed by atoms with Crippen LogP contribution in [0.2, 0.25) is 0 Å². The van der Waals surface area contributed by atoms with Gasteiger partial charge >= 0.3 is 11.9 Å². The number of hydrogen-bond acceptors (Lipinski definition) is 34. The van der Waals surface area contributed by atoms with E-state index in [-0.39, 0.29) is 12.4 Å². The largest absolute Gasteiger partial charge is 0.477 e. The third kappa shape index (κ3) is 18.6. The minimum Gasteiger partial charge on any atom is -0.477 e. The Bertz CT molecular complexity index is 2340. The SMILES string of the molecule is CC(=O)NC1[C@H](O[C@@H]2C(O)[C@H](OCCCCCCC(=O)CCS)OC(CO)[C@@H]2O)OC(CO[C@]2(C(=O)O)C[C@@H](O)[C@@H](C)C([C@H](O)[C@H](O)CO)O2)[C@@H](O)[C@@H]1O[C@@H]1OC(CO)[C@H](OC2OC(CO)[C@H](O)[C@H](O)[C@@H]2C)[C@H](O[C@@]2(C(=O)O)CC(O)[C@H](C)C([C@H](O)[C@H](O)CO)O2)C1O. The number of amides is 1. The Balaban J connectivity index is 1.43. The van der Waals surface area contributed by atoms with Gasteiger partial charge in [-0.3, -0.25) is 9.59 Å². The molecule has 6 saturated heterocycles. The fourth-order valence-corrected chi connectivity index (χ4v) is 12.4. The van der Waals surface area contributed by atoms with Gasteiger partial charge < -0.3 is 159 Å². The molecule has 32 atom stereocenters. The van der Waals surface area contributed by atoms with Crippen molar-refractivity contribution in [3.63, 3.8) is 0 Å². The van der Waals surface area contributed by atoms with E-state index in [9.17, 15) is 116 Å². The van der Waals surface area contributed by atoms with Crippen LogP contribution in [0.4, 0.5) is 0 Å². The normalized spacial score (nSPS) is 43.0. The summed E-state index contributed by atoms with van der Waals surface area (Å²) in [6.45, 7) is -1.67. The number of carbonyl (C=O) groups excluding carboxylic acids is 2. The first-order valence-electron chi connectivity index (χ1n) is 30.8. The molecular formula is C56H95NO35S. The average Bonchev–Trinajstić information content (AvgIpc) is 0.840. The molecule has 6 fully saturated rings. The number of carboxylic acid groups (broad SMARTS) is 2. The fourth-order valence-electron chi connectivity index (χ4n) is 12.1. The van der Waals surface area contributed by atoms with Gasteiger partial charge in [-0.25, -0.2) is 9.59 Å². The van der Waals surface area contributed by atoms with E-state index < -0.39 is 265 Å². The number of aliphatic hydroxyl groups excluding tert-OH is 17. The standard InChI is InChI=1S/C56H95NO35S/c1-21-26(65)13-55(53(77)78,90-43(21)36(70)28(67)15-58)82-20-33-40(74)46(34(57-24(4)63)50(86-33)89-47-39(73)31(18-61)84-51(41(47)75)81-11-8-6-5-7-9-25(64)10-12-93)88-52-42(76)48(45(32(19-62)85-52)87-49-23(3)35(69)38(72)30(17-60)83-49)92-56(54(79)80)14-27(66)22(2)44(91-56)37(71)29(68)16-59/h21-23,26-52,58-62,65-76,93H,5-20H2,1-4H3,(H,57,63)(H,77,78)(H,79,80)/t21-,22+,23+,26-,27?,28-,29-,30?,31?,32?,33?,34?,35-,36-,37-,38+,39+,40-,41?,42?,43?,44?,45+,46-,47+,48-,49?,50+,51-,52+,55-,56-/m1/s1. The number of Topliss-reactive ketones (excluding diaryl/α,β-unsaturated/α-hetero) is 1. The molecule has 93 heavy (non-hydrogen) atoms. The molecule has 6 aliphatic heterocycles. The molecular weight excluding hydrogens is 1280 g/mol. The Morgan fingerprint density at radius 1 is 0.538 bits per heavy atom. The molecule has 0 aromatic rings. The van der Waals surface area contributed by atoms with Gasteiger partial charge in [-0.2, -0.15) is 12.6 Å². The highest BCUT2D eigenvalue weighted by atomic mass is 32.1. The van der Waals surface area contributed by atoms with E-state index in [1.54, 1.807) is 0 Å². The fraction of sp³-hybridized carbons (Fsp3) is 0.929. The number of ether oxygens (including phenoxy) is 12. The highest BCUT2D eigenvalue weighted by Crippen LogP contribution is 2.43. The zero-order chi connectivity index (χ0) is 69.1. The summed E-state index contributed by atoms with van der Waals surface area (Å²) in [6.07, 6.45) is -50.9. The Labute approximate surface area is 539 Å². The Kier molecular flexibility index (Phi) is 30.1. The number of rotatable bonds is 33. The second-order valence-electron chi connectivity index (χ2n) is 24.5. The molecule has 1 amide bonds. The molecule has 0 aromatic carbocycles. The summed E-state index contributed by atoms with van der Waals surface area (Å²) in [5.74, 6) is -14.4. The quantitative estimate of drug-likeness (QED) is 0.0214. The van der Waals surface area contributed by atoms with Crippen LogP contribution < -0.4 is 5.32 Å². The molecule has 0 aliphatic carbocycles. The predicted molar refractivity (Wildman–Crippen MR) is 305 cm³/mol. The van der Waals surface area contributed by atoms with Crippen molar-refractivity contribution in [2.45, 2.75) is 256 Å². The number of carboxylic acids is 2. The van der Waals surface area contributed by atoms with Crippen molar-refractivity contribution in [1.82, 2.24) is 5.32 Å². The molecule has 0 bridgehead atoms. The lowest BCUT2D eigenvalue weighted by Crippen LogP contribution is -2.71. The maximum atomic E-state index is 13.6. The number of hydrogen-bond donors (Lipinski definition) is 21. The topological polar surface area (TPSA) is 575 Å². The van der Waals surface area contributed by atoms with Crippen LogP contribution in [0.15, 0.2) is 0 Å². The van der Waals surface area contributed by atoms with Gasteiger partial charge in [0.2, 0.25) is 5.91 Å². The molecule has 11 unspecified atom stereocenters. The van der Waals surface area contributed by atoms with Crippen LogP contribution in [0.25, 0.3) is 0 Å².